The minimum Gasteiger partial charge on any atom is -0.368 e. The van der Waals surface area contributed by atoms with Gasteiger partial charge in [0.1, 0.15) is 12.1 Å². The largest absolute Gasteiger partial charge is 0.368 e. The van der Waals surface area contributed by atoms with Crippen LogP contribution in [0, 0.1) is 6.92 Å². The molecule has 0 aliphatic heterocycles. The maximum Gasteiger partial charge on any atom is 0.191 e. The Balaban J connectivity index is 0.00000261. The summed E-state index contributed by atoms with van der Waals surface area (Å²) in [7, 11) is 3.63. The molecule has 3 rings (SSSR count). The molecule has 0 saturated carbocycles. The molecule has 0 bridgehead atoms. The summed E-state index contributed by atoms with van der Waals surface area (Å²) < 4.78 is 1.73. The zero-order valence-electron chi connectivity index (χ0n) is 15.7. The summed E-state index contributed by atoms with van der Waals surface area (Å²) in [6, 6.07) is 8.42. The Morgan fingerprint density at radius 1 is 1.19 bits per heavy atom. The fourth-order valence-corrected chi connectivity index (χ4v) is 2.69. The van der Waals surface area contributed by atoms with Gasteiger partial charge in [0, 0.05) is 33.7 Å². The van der Waals surface area contributed by atoms with Crippen LogP contribution >= 0.6 is 24.0 Å². The second-order valence-corrected chi connectivity index (χ2v) is 6.00. The molecule has 0 radical (unpaired) electrons. The molecular weight excluding hydrogens is 455 g/mol. The lowest BCUT2D eigenvalue weighted by molar-refractivity contribution is 0.785. The van der Waals surface area contributed by atoms with Crippen molar-refractivity contribution in [1.82, 2.24) is 30.4 Å². The van der Waals surface area contributed by atoms with Gasteiger partial charge in [-0.15, -0.1) is 24.0 Å². The first-order valence-corrected chi connectivity index (χ1v) is 8.54. The fourth-order valence-electron chi connectivity index (χ4n) is 2.69. The predicted octanol–water partition coefficient (Wildman–Crippen LogP) is 2.07. The minimum absolute atomic E-state index is 0. The summed E-state index contributed by atoms with van der Waals surface area (Å²) in [5, 5.41) is 15.0. The Morgan fingerprint density at radius 3 is 2.81 bits per heavy atom. The number of benzene rings is 1. The first kappa shape index (κ1) is 20.9. The smallest absolute Gasteiger partial charge is 0.191 e. The van der Waals surface area contributed by atoms with Crippen LogP contribution in [-0.2, 0) is 13.6 Å². The maximum atomic E-state index is 4.29. The van der Waals surface area contributed by atoms with Gasteiger partial charge in [-0.1, -0.05) is 29.8 Å². The Bertz CT molecular complexity index is 905. The standard InChI is InChI=1S/C18H24N8.HI/c1-13-5-4-6-14(9-13)10-22-18(19-2)21-8-7-20-16-15-11-25-26(3)17(15)24-12-23-16;/h4-6,9,11-12H,7-8,10H2,1-3H3,(H2,19,21,22)(H,20,23,24);1H. The number of aromatic nitrogens is 4. The van der Waals surface area contributed by atoms with E-state index >= 15 is 0 Å². The molecule has 2 aromatic heterocycles. The third-order valence-corrected chi connectivity index (χ3v) is 4.01. The molecule has 144 valence electrons. The van der Waals surface area contributed by atoms with Crippen LogP contribution in [0.2, 0.25) is 0 Å². The second kappa shape index (κ2) is 10.0. The number of aliphatic imine (C=N–C) groups is 1. The normalized spacial score (nSPS) is 11.1. The highest BCUT2D eigenvalue weighted by Gasteiger charge is 2.07. The monoisotopic (exact) mass is 480 g/mol. The van der Waals surface area contributed by atoms with Crippen LogP contribution in [-0.4, -0.2) is 45.8 Å². The van der Waals surface area contributed by atoms with E-state index < -0.39 is 0 Å². The van der Waals surface area contributed by atoms with Gasteiger partial charge in [-0.3, -0.25) is 9.67 Å². The molecule has 0 atom stereocenters. The summed E-state index contributed by atoms with van der Waals surface area (Å²) in [5.41, 5.74) is 3.29. The Hall–Kier alpha value is -2.43. The molecule has 0 amide bonds. The summed E-state index contributed by atoms with van der Waals surface area (Å²) in [6.07, 6.45) is 3.32. The third-order valence-electron chi connectivity index (χ3n) is 4.01. The van der Waals surface area contributed by atoms with E-state index in [0.29, 0.717) is 13.1 Å². The van der Waals surface area contributed by atoms with Crippen LogP contribution in [0.1, 0.15) is 11.1 Å². The summed E-state index contributed by atoms with van der Waals surface area (Å²) in [5.74, 6) is 1.55. The van der Waals surface area contributed by atoms with E-state index in [9.17, 15) is 0 Å². The van der Waals surface area contributed by atoms with Gasteiger partial charge in [0.15, 0.2) is 11.6 Å². The molecule has 1 aromatic carbocycles. The van der Waals surface area contributed by atoms with Crippen molar-refractivity contribution in [3.05, 3.63) is 47.9 Å². The quantitative estimate of drug-likeness (QED) is 0.217. The topological polar surface area (TPSA) is 92.1 Å². The molecule has 8 nitrogen and oxygen atoms in total. The van der Waals surface area contributed by atoms with Crippen molar-refractivity contribution in [2.75, 3.05) is 25.5 Å². The number of hydrogen-bond donors (Lipinski definition) is 3. The predicted molar refractivity (Wildman–Crippen MR) is 120 cm³/mol. The number of guanidine groups is 1. The van der Waals surface area contributed by atoms with E-state index in [2.05, 4.69) is 67.2 Å². The molecule has 0 aliphatic carbocycles. The molecule has 3 aromatic rings. The zero-order chi connectivity index (χ0) is 18.4. The maximum absolute atomic E-state index is 4.29. The fraction of sp³-hybridized carbons (Fsp3) is 0.333. The molecule has 0 fully saturated rings. The molecule has 9 heteroatoms. The molecule has 2 heterocycles. The zero-order valence-corrected chi connectivity index (χ0v) is 18.1. The van der Waals surface area contributed by atoms with E-state index in [1.165, 1.54) is 11.1 Å². The molecule has 0 spiro atoms. The van der Waals surface area contributed by atoms with Crippen LogP contribution in [0.4, 0.5) is 5.82 Å². The van der Waals surface area contributed by atoms with Crippen LogP contribution < -0.4 is 16.0 Å². The number of hydrogen-bond acceptors (Lipinski definition) is 5. The summed E-state index contributed by atoms with van der Waals surface area (Å²) in [4.78, 5) is 12.8. The number of fused-ring (bicyclic) bond motifs is 1. The van der Waals surface area contributed by atoms with Crippen LogP contribution in [0.25, 0.3) is 11.0 Å². The van der Waals surface area contributed by atoms with Gasteiger partial charge in [0.05, 0.1) is 11.6 Å². The Labute approximate surface area is 175 Å². The first-order chi connectivity index (χ1) is 12.7. The van der Waals surface area contributed by atoms with Gasteiger partial charge in [-0.25, -0.2) is 9.97 Å². The Kier molecular flexibility index (Phi) is 7.77. The number of nitrogens with one attached hydrogen (secondary N) is 3. The van der Waals surface area contributed by atoms with E-state index in [1.54, 1.807) is 24.3 Å². The van der Waals surface area contributed by atoms with Gasteiger partial charge < -0.3 is 16.0 Å². The van der Waals surface area contributed by atoms with Crippen molar-refractivity contribution < 1.29 is 0 Å². The lowest BCUT2D eigenvalue weighted by Crippen LogP contribution is -2.39. The summed E-state index contributed by atoms with van der Waals surface area (Å²) >= 11 is 0. The van der Waals surface area contributed by atoms with Crippen molar-refractivity contribution >= 4 is 46.8 Å². The van der Waals surface area contributed by atoms with Crippen molar-refractivity contribution in [1.29, 1.82) is 0 Å². The first-order valence-electron chi connectivity index (χ1n) is 8.54. The SMILES string of the molecule is CN=C(NCCNc1ncnc2c1cnn2C)NCc1cccc(C)c1.I. The van der Waals surface area contributed by atoms with Crippen molar-refractivity contribution in [2.45, 2.75) is 13.5 Å². The van der Waals surface area contributed by atoms with E-state index in [4.69, 9.17) is 0 Å². The van der Waals surface area contributed by atoms with Gasteiger partial charge in [-0.05, 0) is 12.5 Å². The van der Waals surface area contributed by atoms with E-state index in [1.807, 2.05) is 7.05 Å². The number of nitrogens with zero attached hydrogens (tertiary/aromatic N) is 5. The average molecular weight is 480 g/mol. The molecular formula is C18H25IN8. The highest BCUT2D eigenvalue weighted by molar-refractivity contribution is 14.0. The Morgan fingerprint density at radius 2 is 2.04 bits per heavy atom. The highest BCUT2D eigenvalue weighted by atomic mass is 127. The van der Waals surface area contributed by atoms with E-state index in [-0.39, 0.29) is 24.0 Å². The van der Waals surface area contributed by atoms with Gasteiger partial charge >= 0.3 is 0 Å². The number of anilines is 1. The summed E-state index contributed by atoms with van der Waals surface area (Å²) in [6.45, 7) is 4.23. The average Bonchev–Trinajstić information content (AvgIpc) is 3.03. The van der Waals surface area contributed by atoms with Crippen molar-refractivity contribution in [3.63, 3.8) is 0 Å². The van der Waals surface area contributed by atoms with Crippen LogP contribution in [0.15, 0.2) is 41.8 Å². The van der Waals surface area contributed by atoms with Crippen LogP contribution in [0.5, 0.6) is 0 Å². The highest BCUT2D eigenvalue weighted by Crippen LogP contribution is 2.16. The van der Waals surface area contributed by atoms with Gasteiger partial charge in [-0.2, -0.15) is 5.10 Å². The molecule has 0 saturated heterocycles. The third kappa shape index (κ3) is 5.52. The molecule has 0 aliphatic rings. The number of rotatable bonds is 6. The lowest BCUT2D eigenvalue weighted by atomic mass is 10.1. The number of aryl methyl sites for hydroxylation is 2. The van der Waals surface area contributed by atoms with Crippen molar-refractivity contribution in [3.8, 4) is 0 Å². The van der Waals surface area contributed by atoms with Gasteiger partial charge in [0.2, 0.25) is 0 Å². The molecule has 27 heavy (non-hydrogen) atoms. The van der Waals surface area contributed by atoms with Gasteiger partial charge in [0.25, 0.3) is 0 Å². The second-order valence-electron chi connectivity index (χ2n) is 6.00. The minimum atomic E-state index is 0. The lowest BCUT2D eigenvalue weighted by Gasteiger charge is -2.13. The number of halogens is 1. The molecule has 0 unspecified atom stereocenters. The van der Waals surface area contributed by atoms with Crippen LogP contribution in [0.3, 0.4) is 0 Å². The van der Waals surface area contributed by atoms with Crippen molar-refractivity contribution in [2.24, 2.45) is 12.0 Å². The molecule has 3 N–H and O–H groups in total. The van der Waals surface area contributed by atoms with E-state index in [0.717, 1.165) is 29.4 Å².